The number of hydrogen-bond acceptors (Lipinski definition) is 7. The number of unbranched alkanes of at least 4 members (excludes halogenated alkanes) is 6. The van der Waals surface area contributed by atoms with Crippen LogP contribution in [0.5, 0.6) is 0 Å². The van der Waals surface area contributed by atoms with E-state index in [1.807, 2.05) is 0 Å². The molecule has 0 rings (SSSR count). The van der Waals surface area contributed by atoms with Crippen LogP contribution in [0.25, 0.3) is 0 Å². The maximum absolute atomic E-state index is 12.3. The second-order valence-corrected chi connectivity index (χ2v) is 7.17. The zero-order valence-corrected chi connectivity index (χ0v) is 16.9. The molecule has 0 aliphatic carbocycles. The third kappa shape index (κ3) is 11.5. The lowest BCUT2D eigenvalue weighted by Gasteiger charge is -2.27. The van der Waals surface area contributed by atoms with E-state index in [1.165, 1.54) is 13.8 Å². The van der Waals surface area contributed by atoms with Crippen molar-refractivity contribution in [1.82, 2.24) is 0 Å². The molecule has 0 saturated heterocycles. The highest BCUT2D eigenvalue weighted by Crippen LogP contribution is 2.19. The Morgan fingerprint density at radius 2 is 1.32 bits per heavy atom. The summed E-state index contributed by atoms with van der Waals surface area (Å²) in [6.07, 6.45) is 7.76. The van der Waals surface area contributed by atoms with Gasteiger partial charge in [-0.3, -0.25) is 0 Å². The smallest absolute Gasteiger partial charge is 0.341 e. The van der Waals surface area contributed by atoms with Crippen LogP contribution in [0.15, 0.2) is 0 Å². The van der Waals surface area contributed by atoms with Gasteiger partial charge in [0, 0.05) is 6.92 Å². The molecule has 0 N–H and O–H groups in total. The molecule has 0 amide bonds. The van der Waals surface area contributed by atoms with Crippen molar-refractivity contribution < 1.29 is 31.1 Å². The molecule has 7 nitrogen and oxygen atoms in total. The Kier molecular flexibility index (Phi) is 13.1. The van der Waals surface area contributed by atoms with Crippen molar-refractivity contribution in [3.63, 3.8) is 0 Å². The summed E-state index contributed by atoms with van der Waals surface area (Å²) >= 11 is 0. The van der Waals surface area contributed by atoms with Crippen molar-refractivity contribution in [2.45, 2.75) is 84.8 Å². The minimum atomic E-state index is -4.40. The van der Waals surface area contributed by atoms with Crippen molar-refractivity contribution in [1.29, 1.82) is 0 Å². The van der Waals surface area contributed by atoms with E-state index in [0.29, 0.717) is 0 Å². The lowest BCUT2D eigenvalue weighted by atomic mass is 10.2. The Balaban J connectivity index is 4.70. The fraction of sp³-hybridized carbons (Fsp3) is 0.941. The van der Waals surface area contributed by atoms with Gasteiger partial charge in [-0.05, 0) is 19.8 Å². The minimum Gasteiger partial charge on any atom is -0.341 e. The Labute approximate surface area is 152 Å². The van der Waals surface area contributed by atoms with Gasteiger partial charge in [-0.15, -0.1) is 0 Å². The second-order valence-electron chi connectivity index (χ2n) is 5.95. The van der Waals surface area contributed by atoms with Crippen LogP contribution in [-0.2, 0) is 33.0 Å². The predicted molar refractivity (Wildman–Crippen MR) is 95.2 cm³/mol. The highest BCUT2D eigenvalue weighted by molar-refractivity contribution is 7.82. The molecule has 0 spiro atoms. The molecule has 0 unspecified atom stereocenters. The van der Waals surface area contributed by atoms with Crippen molar-refractivity contribution in [2.75, 3.05) is 19.8 Å². The molecule has 150 valence electrons. The Hall–Kier alpha value is -0.700. The van der Waals surface area contributed by atoms with Crippen molar-refractivity contribution in [3.8, 4) is 0 Å². The molecule has 0 aromatic heterocycles. The van der Waals surface area contributed by atoms with Crippen LogP contribution in [0.3, 0.4) is 0 Å². The SMILES string of the molecule is CCCCCCOC(C)(OCCCCCC)C(=O)OS(=O)(=O)OCC. The van der Waals surface area contributed by atoms with Crippen LogP contribution < -0.4 is 0 Å². The van der Waals surface area contributed by atoms with Gasteiger partial charge in [0.2, 0.25) is 0 Å². The molecule has 0 heterocycles. The molecule has 0 aliphatic heterocycles. The molecule has 0 aromatic rings. The molecular formula is C17H34O7S. The van der Waals surface area contributed by atoms with Gasteiger partial charge in [0.25, 0.3) is 5.79 Å². The molecule has 25 heavy (non-hydrogen) atoms. The van der Waals surface area contributed by atoms with Gasteiger partial charge in [0.05, 0.1) is 19.8 Å². The number of carbonyl (C=O) groups excluding carboxylic acids is 1. The molecule has 0 saturated carbocycles. The molecule has 8 heteroatoms. The third-order valence-corrected chi connectivity index (χ3v) is 4.44. The topological polar surface area (TPSA) is 88.1 Å². The fourth-order valence-electron chi connectivity index (χ4n) is 2.09. The molecule has 0 fully saturated rings. The van der Waals surface area contributed by atoms with E-state index in [1.54, 1.807) is 0 Å². The molecule has 0 atom stereocenters. The molecule has 0 aromatic carbocycles. The summed E-state index contributed by atoms with van der Waals surface area (Å²) in [6, 6.07) is 0. The standard InChI is InChI=1S/C17H34O7S/c1-5-8-10-12-14-21-17(4,22-15-13-11-9-6-2)16(18)24-25(19,20)23-7-3/h5-15H2,1-4H3. The van der Waals surface area contributed by atoms with E-state index < -0.39 is 22.2 Å². The van der Waals surface area contributed by atoms with E-state index in [2.05, 4.69) is 22.2 Å². The largest absolute Gasteiger partial charge is 0.451 e. The first-order valence-corrected chi connectivity index (χ1v) is 10.6. The minimum absolute atomic E-state index is 0.123. The molecular weight excluding hydrogens is 348 g/mol. The summed E-state index contributed by atoms with van der Waals surface area (Å²) in [7, 11) is -4.40. The van der Waals surface area contributed by atoms with Crippen LogP contribution in [0, 0.1) is 0 Å². The average molecular weight is 383 g/mol. The highest BCUT2D eigenvalue weighted by atomic mass is 32.3. The van der Waals surface area contributed by atoms with Crippen molar-refractivity contribution >= 4 is 16.4 Å². The summed E-state index contributed by atoms with van der Waals surface area (Å²) in [5, 5.41) is 0. The van der Waals surface area contributed by atoms with Crippen LogP contribution in [-0.4, -0.2) is 40.0 Å². The van der Waals surface area contributed by atoms with Crippen LogP contribution >= 0.6 is 0 Å². The Morgan fingerprint density at radius 1 is 0.840 bits per heavy atom. The summed E-state index contributed by atoms with van der Waals surface area (Å²) in [4.78, 5) is 12.3. The highest BCUT2D eigenvalue weighted by Gasteiger charge is 2.40. The van der Waals surface area contributed by atoms with E-state index in [9.17, 15) is 13.2 Å². The lowest BCUT2D eigenvalue weighted by Crippen LogP contribution is -2.44. The second kappa shape index (κ2) is 13.5. The maximum atomic E-state index is 12.3. The number of ether oxygens (including phenoxy) is 2. The van der Waals surface area contributed by atoms with Crippen LogP contribution in [0.2, 0.25) is 0 Å². The van der Waals surface area contributed by atoms with Gasteiger partial charge in [-0.1, -0.05) is 52.4 Å². The maximum Gasteiger partial charge on any atom is 0.451 e. The molecule has 0 aliphatic rings. The van der Waals surface area contributed by atoms with Crippen molar-refractivity contribution in [3.05, 3.63) is 0 Å². The van der Waals surface area contributed by atoms with E-state index >= 15 is 0 Å². The summed E-state index contributed by atoms with van der Waals surface area (Å²) in [5.41, 5.74) is 0. The predicted octanol–water partition coefficient (Wildman–Crippen LogP) is 3.72. The van der Waals surface area contributed by atoms with Gasteiger partial charge < -0.3 is 13.7 Å². The van der Waals surface area contributed by atoms with Crippen LogP contribution in [0.4, 0.5) is 0 Å². The zero-order valence-electron chi connectivity index (χ0n) is 16.0. The number of hydrogen-bond donors (Lipinski definition) is 0. The summed E-state index contributed by atoms with van der Waals surface area (Å²) < 4.78 is 43.1. The lowest BCUT2D eigenvalue weighted by molar-refractivity contribution is -0.234. The van der Waals surface area contributed by atoms with Gasteiger partial charge in [0.1, 0.15) is 0 Å². The molecule has 0 bridgehead atoms. The van der Waals surface area contributed by atoms with E-state index in [0.717, 1.165) is 51.4 Å². The zero-order chi connectivity index (χ0) is 19.2. The van der Waals surface area contributed by atoms with E-state index in [4.69, 9.17) is 9.47 Å². The monoisotopic (exact) mass is 382 g/mol. The average Bonchev–Trinajstić information content (AvgIpc) is 2.54. The van der Waals surface area contributed by atoms with Gasteiger partial charge in [0.15, 0.2) is 0 Å². The molecule has 0 radical (unpaired) electrons. The van der Waals surface area contributed by atoms with Gasteiger partial charge in [-0.25, -0.2) is 8.98 Å². The first-order valence-electron chi connectivity index (χ1n) is 9.22. The quantitative estimate of drug-likeness (QED) is 0.297. The number of rotatable bonds is 16. The van der Waals surface area contributed by atoms with Crippen LogP contribution in [0.1, 0.15) is 79.1 Å². The summed E-state index contributed by atoms with van der Waals surface area (Å²) in [5.74, 6) is -2.88. The third-order valence-electron chi connectivity index (χ3n) is 3.56. The van der Waals surface area contributed by atoms with E-state index in [-0.39, 0.29) is 19.8 Å². The first kappa shape index (κ1) is 24.3. The Bertz CT molecular complexity index is 434. The van der Waals surface area contributed by atoms with Gasteiger partial charge in [-0.2, -0.15) is 8.42 Å². The summed E-state index contributed by atoms with van der Waals surface area (Å²) in [6.45, 7) is 7.52. The number of carbonyl (C=O) groups is 1. The first-order chi connectivity index (χ1) is 11.8. The Morgan fingerprint density at radius 3 is 1.72 bits per heavy atom. The normalized spacial score (nSPS) is 12.3. The van der Waals surface area contributed by atoms with Gasteiger partial charge >= 0.3 is 16.4 Å². The fourth-order valence-corrected chi connectivity index (χ4v) is 2.76. The van der Waals surface area contributed by atoms with Crippen molar-refractivity contribution in [2.24, 2.45) is 0 Å².